The summed E-state index contributed by atoms with van der Waals surface area (Å²) in [5.41, 5.74) is 5.14. The van der Waals surface area contributed by atoms with E-state index in [2.05, 4.69) is 20.1 Å². The third-order valence-electron chi connectivity index (χ3n) is 5.75. The number of nitrogens with zero attached hydrogens (tertiary/aromatic N) is 3. The molecule has 1 fully saturated rings. The summed E-state index contributed by atoms with van der Waals surface area (Å²) in [5, 5.41) is 6.78. The summed E-state index contributed by atoms with van der Waals surface area (Å²) in [5.74, 6) is -0.148. The Balaban J connectivity index is 1.75. The molecule has 1 atom stereocenters. The molecule has 3 aromatic rings. The Bertz CT molecular complexity index is 1330. The number of rotatable bonds is 11. The molecule has 39 heavy (non-hydrogen) atoms. The molecule has 0 spiro atoms. The highest BCUT2D eigenvalue weighted by Crippen LogP contribution is 2.39. The predicted octanol–water partition coefficient (Wildman–Crippen LogP) is 5.29. The molecule has 1 aromatic carbocycles. The van der Waals surface area contributed by atoms with Gasteiger partial charge in [0.2, 0.25) is 5.89 Å². The molecule has 210 valence electrons. The number of anilines is 1. The van der Waals surface area contributed by atoms with Crippen LogP contribution in [0.4, 0.5) is 19.4 Å². The number of hydrogen-bond acceptors (Lipinski definition) is 8. The Morgan fingerprint density at radius 3 is 2.56 bits per heavy atom. The number of primary amides is 1. The second-order valence-corrected chi connectivity index (χ2v) is 10.5. The second-order valence-electron chi connectivity index (χ2n) is 10.5. The van der Waals surface area contributed by atoms with Crippen LogP contribution < -0.4 is 20.5 Å². The molecule has 11 nitrogen and oxygen atoms in total. The zero-order valence-electron chi connectivity index (χ0n) is 22.1. The maximum atomic E-state index is 13.3. The van der Waals surface area contributed by atoms with Gasteiger partial charge in [-0.25, -0.2) is 9.78 Å². The summed E-state index contributed by atoms with van der Waals surface area (Å²) in [6, 6.07) is 5.80. The predicted molar refractivity (Wildman–Crippen MR) is 135 cm³/mol. The lowest BCUT2D eigenvalue weighted by Crippen LogP contribution is -2.24. The van der Waals surface area contributed by atoms with Gasteiger partial charge < -0.3 is 29.7 Å². The van der Waals surface area contributed by atoms with Crippen LogP contribution in [0.2, 0.25) is 0 Å². The molecule has 1 unspecified atom stereocenters. The average molecular weight is 548 g/mol. The lowest BCUT2D eigenvalue weighted by Gasteiger charge is -2.24. The summed E-state index contributed by atoms with van der Waals surface area (Å²) >= 11 is 0. The number of nitrogens with one attached hydrogen (secondary N) is 1. The smallest absolute Gasteiger partial charge is 0.405 e. The van der Waals surface area contributed by atoms with Gasteiger partial charge in [0.15, 0.2) is 34.9 Å². The summed E-state index contributed by atoms with van der Waals surface area (Å²) in [6.07, 6.45) is 1.80. The van der Waals surface area contributed by atoms with Crippen LogP contribution in [0.25, 0.3) is 11.5 Å². The van der Waals surface area contributed by atoms with Crippen molar-refractivity contribution in [1.29, 1.82) is 0 Å². The van der Waals surface area contributed by atoms with Gasteiger partial charge in [-0.15, -0.1) is 0 Å². The molecule has 4 rings (SSSR count). The number of aryl methyl sites for hydroxylation is 1. The van der Waals surface area contributed by atoms with Crippen LogP contribution in [0.15, 0.2) is 34.9 Å². The van der Waals surface area contributed by atoms with Crippen molar-refractivity contribution in [2.45, 2.75) is 52.7 Å². The van der Waals surface area contributed by atoms with Gasteiger partial charge >= 0.3 is 12.7 Å². The molecular weight excluding hydrogens is 516 g/mol. The molecule has 0 saturated heterocycles. The Morgan fingerprint density at radius 2 is 1.97 bits per heavy atom. The van der Waals surface area contributed by atoms with Crippen LogP contribution in [0.1, 0.15) is 62.4 Å². The van der Waals surface area contributed by atoms with Crippen LogP contribution >= 0.6 is 0 Å². The van der Waals surface area contributed by atoms with Crippen molar-refractivity contribution in [3.8, 4) is 23.0 Å². The maximum Gasteiger partial charge on any atom is 0.405 e. The van der Waals surface area contributed by atoms with Crippen molar-refractivity contribution < 1.29 is 37.0 Å². The van der Waals surface area contributed by atoms with Gasteiger partial charge in [0.1, 0.15) is 0 Å². The average Bonchev–Trinajstić information content (AvgIpc) is 3.40. The van der Waals surface area contributed by atoms with E-state index in [1.807, 2.05) is 20.8 Å². The van der Waals surface area contributed by atoms with Crippen LogP contribution in [0, 0.1) is 11.3 Å². The third-order valence-corrected chi connectivity index (χ3v) is 5.75. The molecule has 1 aliphatic rings. The fourth-order valence-electron chi connectivity index (χ4n) is 3.82. The number of carbonyl (C=O) groups is 2. The van der Waals surface area contributed by atoms with E-state index in [-0.39, 0.29) is 46.5 Å². The number of amides is 2. The van der Waals surface area contributed by atoms with E-state index in [0.717, 1.165) is 12.8 Å². The fourth-order valence-corrected chi connectivity index (χ4v) is 3.82. The maximum absolute atomic E-state index is 13.3. The first-order valence-electron chi connectivity index (χ1n) is 12.4. The van der Waals surface area contributed by atoms with Crippen molar-refractivity contribution >= 4 is 17.8 Å². The summed E-state index contributed by atoms with van der Waals surface area (Å²) in [7, 11) is 1.69. The van der Waals surface area contributed by atoms with Crippen molar-refractivity contribution in [2.24, 2.45) is 24.1 Å². The minimum absolute atomic E-state index is 0.0250. The largest absolute Gasteiger partial charge is 0.489 e. The van der Waals surface area contributed by atoms with Crippen molar-refractivity contribution in [3.05, 3.63) is 41.9 Å². The quantitative estimate of drug-likeness (QED) is 0.330. The topological polar surface area (TPSA) is 144 Å². The van der Waals surface area contributed by atoms with Crippen molar-refractivity contribution in [2.75, 3.05) is 11.9 Å². The molecule has 0 radical (unpaired) electrons. The van der Waals surface area contributed by atoms with Gasteiger partial charge in [-0.2, -0.15) is 13.9 Å². The van der Waals surface area contributed by atoms with Gasteiger partial charge in [-0.05, 0) is 48.8 Å². The highest BCUT2D eigenvalue weighted by Gasteiger charge is 2.33. The first-order valence-corrected chi connectivity index (χ1v) is 12.4. The van der Waals surface area contributed by atoms with E-state index in [9.17, 15) is 18.4 Å². The Labute approximate surface area is 223 Å². The lowest BCUT2D eigenvalue weighted by atomic mass is 9.88. The molecule has 3 N–H and O–H groups in total. The lowest BCUT2D eigenvalue weighted by molar-refractivity contribution is -0.0515. The fraction of sp³-hybridized carbons (Fsp3) is 0.462. The van der Waals surface area contributed by atoms with Gasteiger partial charge in [0.05, 0.1) is 6.61 Å². The van der Waals surface area contributed by atoms with E-state index in [4.69, 9.17) is 19.6 Å². The molecule has 0 bridgehead atoms. The van der Waals surface area contributed by atoms with E-state index in [1.54, 1.807) is 19.3 Å². The Kier molecular flexibility index (Phi) is 8.07. The van der Waals surface area contributed by atoms with Crippen LogP contribution in [-0.4, -0.2) is 40.0 Å². The Hall–Kier alpha value is -4.16. The molecule has 13 heteroatoms. The van der Waals surface area contributed by atoms with Crippen LogP contribution in [0.3, 0.4) is 0 Å². The van der Waals surface area contributed by atoms with Gasteiger partial charge in [-0.1, -0.05) is 20.8 Å². The second kappa shape index (κ2) is 11.3. The first-order chi connectivity index (χ1) is 18.4. The van der Waals surface area contributed by atoms with E-state index in [0.29, 0.717) is 18.1 Å². The van der Waals surface area contributed by atoms with Gasteiger partial charge in [0.25, 0.3) is 5.91 Å². The number of aromatic nitrogens is 3. The number of benzene rings is 1. The highest BCUT2D eigenvalue weighted by molar-refractivity contribution is 6.03. The number of alkyl halides is 2. The van der Waals surface area contributed by atoms with E-state index >= 15 is 0 Å². The van der Waals surface area contributed by atoms with Crippen molar-refractivity contribution in [1.82, 2.24) is 14.8 Å². The minimum Gasteiger partial charge on any atom is -0.489 e. The highest BCUT2D eigenvalue weighted by atomic mass is 19.3. The number of halogens is 2. The molecule has 2 aromatic heterocycles. The van der Waals surface area contributed by atoms with Crippen LogP contribution in [0.5, 0.6) is 11.5 Å². The molecule has 1 saturated carbocycles. The molecule has 0 aliphatic heterocycles. The summed E-state index contributed by atoms with van der Waals surface area (Å²) in [6.45, 7) is 3.05. The molecule has 2 amide bonds. The van der Waals surface area contributed by atoms with Crippen LogP contribution in [-0.2, 0) is 11.8 Å². The zero-order valence-corrected chi connectivity index (χ0v) is 22.1. The zero-order chi connectivity index (χ0) is 28.3. The normalized spacial score (nSPS) is 14.2. The number of oxazole rings is 1. The van der Waals surface area contributed by atoms with Crippen molar-refractivity contribution in [3.63, 3.8) is 0 Å². The SMILES string of the molecule is Cn1ccc(NC(=O)c2nc(-c3ccc(OC(F)F)c(OCC4CC4)c3)oc2C(CC(C)(C)C)OC(N)=O)n1. The third kappa shape index (κ3) is 7.68. The van der Waals surface area contributed by atoms with E-state index in [1.165, 1.54) is 22.9 Å². The number of carbonyl (C=O) groups excluding carboxylic acids is 2. The van der Waals surface area contributed by atoms with Gasteiger partial charge in [0, 0.05) is 24.9 Å². The summed E-state index contributed by atoms with van der Waals surface area (Å²) < 4.78 is 49.2. The minimum atomic E-state index is -3.04. The molecule has 1 aliphatic carbocycles. The van der Waals surface area contributed by atoms with Gasteiger partial charge in [-0.3, -0.25) is 9.48 Å². The first kappa shape index (κ1) is 27.9. The standard InChI is InChI=1S/C26H31F2N5O6/c1-26(2,3)12-18(38-25(29)35)21-20(22(34)30-19-9-10-33(4)32-19)31-23(39-21)15-7-8-16(37-24(27)28)17(11-15)36-13-14-5-6-14/h7-11,14,18,24H,5-6,12-13H2,1-4H3,(H2,29,35)(H,30,32,34). The monoisotopic (exact) mass is 547 g/mol. The van der Waals surface area contributed by atoms with E-state index < -0.39 is 24.7 Å². The Morgan fingerprint density at radius 1 is 1.23 bits per heavy atom. The number of nitrogens with two attached hydrogens (primary N) is 1. The molecule has 2 heterocycles. The molecular formula is C26H31F2N5O6. The summed E-state index contributed by atoms with van der Waals surface area (Å²) in [4.78, 5) is 29.4. The number of ether oxygens (including phenoxy) is 3. The number of hydrogen-bond donors (Lipinski definition) is 2.